The molecule has 0 aliphatic carbocycles. The molecule has 1 aromatic carbocycles. The Morgan fingerprint density at radius 3 is 2.95 bits per heavy atom. The molecule has 0 fully saturated rings. The first-order valence-corrected chi connectivity index (χ1v) is 7.38. The van der Waals surface area contributed by atoms with Gasteiger partial charge in [-0.05, 0) is 25.1 Å². The van der Waals surface area contributed by atoms with Gasteiger partial charge in [-0.25, -0.2) is 0 Å². The molecule has 1 N–H and O–H groups in total. The second-order valence-corrected chi connectivity index (χ2v) is 6.25. The van der Waals surface area contributed by atoms with Gasteiger partial charge in [-0.3, -0.25) is 0 Å². The number of aromatic nitrogens is 4. The van der Waals surface area contributed by atoms with Crippen molar-refractivity contribution < 1.29 is 9.47 Å². The molecular weight excluding hydrogens is 306 g/mol. The molecule has 0 saturated carbocycles. The third-order valence-electron chi connectivity index (χ3n) is 3.47. The minimum Gasteiger partial charge on any atom is -0.484 e. The third-order valence-corrected chi connectivity index (χ3v) is 3.68. The summed E-state index contributed by atoms with van der Waals surface area (Å²) in [5.74, 6) is 1.21. The molecule has 0 unspecified atom stereocenters. The molecule has 0 amide bonds. The molecule has 8 heteroatoms. The maximum atomic E-state index is 6.23. The molecule has 1 aliphatic heterocycles. The number of halogens is 1. The number of ether oxygens (including phenoxy) is 2. The van der Waals surface area contributed by atoms with E-state index in [0.29, 0.717) is 17.5 Å². The largest absolute Gasteiger partial charge is 0.484 e. The number of rotatable bonds is 4. The highest BCUT2D eigenvalue weighted by atomic mass is 35.5. The van der Waals surface area contributed by atoms with Crippen molar-refractivity contribution in [3.8, 4) is 17.1 Å². The molecule has 2 heterocycles. The quantitative estimate of drug-likeness (QED) is 0.929. The van der Waals surface area contributed by atoms with E-state index in [1.165, 1.54) is 0 Å². The van der Waals surface area contributed by atoms with E-state index in [1.807, 2.05) is 26.0 Å². The van der Waals surface area contributed by atoms with E-state index >= 15 is 0 Å². The van der Waals surface area contributed by atoms with Crippen LogP contribution in [0.4, 0.5) is 5.69 Å². The average molecular weight is 324 g/mol. The number of benzene rings is 1. The predicted octanol–water partition coefficient (Wildman–Crippen LogP) is 2.14. The number of methoxy groups -OCH3 is 1. The van der Waals surface area contributed by atoms with E-state index in [-0.39, 0.29) is 5.60 Å². The summed E-state index contributed by atoms with van der Waals surface area (Å²) in [7, 11) is 1.69. The smallest absolute Gasteiger partial charge is 0.206 e. The topological polar surface area (TPSA) is 76.2 Å². The van der Waals surface area contributed by atoms with Gasteiger partial charge in [-0.15, -0.1) is 10.2 Å². The van der Waals surface area contributed by atoms with Gasteiger partial charge in [0, 0.05) is 24.7 Å². The summed E-state index contributed by atoms with van der Waals surface area (Å²) in [6.45, 7) is 6.18. The summed E-state index contributed by atoms with van der Waals surface area (Å²) in [6.07, 6.45) is 0. The first-order valence-electron chi connectivity index (χ1n) is 7.00. The van der Waals surface area contributed by atoms with Crippen molar-refractivity contribution >= 4 is 17.3 Å². The zero-order valence-electron chi connectivity index (χ0n) is 12.8. The maximum absolute atomic E-state index is 6.23. The molecule has 118 valence electrons. The van der Waals surface area contributed by atoms with Crippen LogP contribution in [0.5, 0.6) is 5.75 Å². The molecule has 0 saturated heterocycles. The lowest BCUT2D eigenvalue weighted by Crippen LogP contribution is -2.48. The van der Waals surface area contributed by atoms with Crippen molar-refractivity contribution in [3.63, 3.8) is 0 Å². The molecule has 0 atom stereocenters. The molecule has 2 aromatic rings. The molecule has 0 radical (unpaired) electrons. The zero-order valence-corrected chi connectivity index (χ0v) is 13.5. The maximum Gasteiger partial charge on any atom is 0.206 e. The summed E-state index contributed by atoms with van der Waals surface area (Å²) >= 11 is 6.23. The molecule has 0 spiro atoms. The highest BCUT2D eigenvalue weighted by molar-refractivity contribution is 6.31. The first kappa shape index (κ1) is 15.1. The van der Waals surface area contributed by atoms with Crippen molar-refractivity contribution in [2.75, 3.05) is 31.7 Å². The molecule has 22 heavy (non-hydrogen) atoms. The van der Waals surface area contributed by atoms with E-state index < -0.39 is 0 Å². The van der Waals surface area contributed by atoms with Gasteiger partial charge in [-0.1, -0.05) is 11.6 Å². The Balaban J connectivity index is 2.12. The Hall–Kier alpha value is -1.86. The van der Waals surface area contributed by atoms with Gasteiger partial charge in [-0.2, -0.15) is 5.21 Å². The Morgan fingerprint density at radius 2 is 2.27 bits per heavy atom. The van der Waals surface area contributed by atoms with Crippen molar-refractivity contribution in [1.29, 1.82) is 0 Å². The predicted molar refractivity (Wildman–Crippen MR) is 83.4 cm³/mol. The van der Waals surface area contributed by atoms with Crippen molar-refractivity contribution in [3.05, 3.63) is 17.2 Å². The van der Waals surface area contributed by atoms with E-state index in [1.54, 1.807) is 7.11 Å². The molecule has 1 aliphatic rings. The van der Waals surface area contributed by atoms with Gasteiger partial charge in [0.05, 0.1) is 24.4 Å². The monoisotopic (exact) mass is 323 g/mol. The molecule has 0 bridgehead atoms. The fraction of sp³-hybridized carbons (Fsp3) is 0.500. The van der Waals surface area contributed by atoms with E-state index in [2.05, 4.69) is 25.5 Å². The number of aromatic amines is 1. The van der Waals surface area contributed by atoms with Gasteiger partial charge in [0.1, 0.15) is 11.4 Å². The lowest BCUT2D eigenvalue weighted by atomic mass is 10.0. The molecular formula is C14H18ClN5O2. The van der Waals surface area contributed by atoms with E-state index in [4.69, 9.17) is 21.1 Å². The minimum absolute atomic E-state index is 0.319. The second kappa shape index (κ2) is 5.73. The number of nitrogens with one attached hydrogen (secondary N) is 1. The summed E-state index contributed by atoms with van der Waals surface area (Å²) in [5, 5.41) is 14.8. The summed E-state index contributed by atoms with van der Waals surface area (Å²) in [5.41, 5.74) is 1.39. The fourth-order valence-corrected chi connectivity index (χ4v) is 2.89. The summed E-state index contributed by atoms with van der Waals surface area (Å²) < 4.78 is 11.3. The average Bonchev–Trinajstić information content (AvgIpc) is 2.96. The van der Waals surface area contributed by atoms with Crippen molar-refractivity contribution in [1.82, 2.24) is 20.6 Å². The van der Waals surface area contributed by atoms with E-state index in [0.717, 1.165) is 30.1 Å². The van der Waals surface area contributed by atoms with Gasteiger partial charge in [0.25, 0.3) is 0 Å². The number of hydrogen-bond donors (Lipinski definition) is 1. The van der Waals surface area contributed by atoms with Crippen LogP contribution in [0.25, 0.3) is 11.4 Å². The van der Waals surface area contributed by atoms with Crippen molar-refractivity contribution in [2.24, 2.45) is 0 Å². The van der Waals surface area contributed by atoms with Crippen LogP contribution < -0.4 is 9.64 Å². The van der Waals surface area contributed by atoms with Crippen LogP contribution in [-0.4, -0.2) is 53.0 Å². The van der Waals surface area contributed by atoms with Crippen LogP contribution in [0, 0.1) is 0 Å². The number of tetrazole rings is 1. The van der Waals surface area contributed by atoms with Gasteiger partial charge in [0.15, 0.2) is 0 Å². The normalized spacial score (nSPS) is 16.3. The second-order valence-electron chi connectivity index (χ2n) is 5.81. The lowest BCUT2D eigenvalue weighted by molar-refractivity contribution is 0.102. The Bertz CT molecular complexity index is 660. The number of H-pyrrole nitrogens is 1. The first-order chi connectivity index (χ1) is 10.5. The van der Waals surface area contributed by atoms with Crippen LogP contribution in [-0.2, 0) is 4.74 Å². The molecule has 7 nitrogen and oxygen atoms in total. The van der Waals surface area contributed by atoms with E-state index in [9.17, 15) is 0 Å². The number of anilines is 1. The van der Waals surface area contributed by atoms with Crippen molar-refractivity contribution in [2.45, 2.75) is 19.4 Å². The molecule has 3 rings (SSSR count). The Labute approximate surface area is 133 Å². The van der Waals surface area contributed by atoms with Gasteiger partial charge < -0.3 is 14.4 Å². The molecule has 1 aromatic heterocycles. The van der Waals surface area contributed by atoms with Crippen LogP contribution in [0.3, 0.4) is 0 Å². The Kier molecular flexibility index (Phi) is 3.92. The van der Waals surface area contributed by atoms with Crippen LogP contribution in [0.1, 0.15) is 13.8 Å². The van der Waals surface area contributed by atoms with Crippen LogP contribution in [0.15, 0.2) is 12.1 Å². The number of hydrogen-bond acceptors (Lipinski definition) is 6. The highest BCUT2D eigenvalue weighted by Gasteiger charge is 2.34. The highest BCUT2D eigenvalue weighted by Crippen LogP contribution is 2.44. The summed E-state index contributed by atoms with van der Waals surface area (Å²) in [4.78, 5) is 2.21. The number of fused-ring (bicyclic) bond motifs is 1. The third kappa shape index (κ3) is 2.86. The van der Waals surface area contributed by atoms with Gasteiger partial charge in [0.2, 0.25) is 5.82 Å². The minimum atomic E-state index is -0.319. The van der Waals surface area contributed by atoms with Crippen LogP contribution >= 0.6 is 11.6 Å². The lowest BCUT2D eigenvalue weighted by Gasteiger charge is -2.41. The number of nitrogens with zero attached hydrogens (tertiary/aromatic N) is 4. The zero-order chi connectivity index (χ0) is 15.7. The fourth-order valence-electron chi connectivity index (χ4n) is 2.69. The van der Waals surface area contributed by atoms with Gasteiger partial charge >= 0.3 is 0 Å². The van der Waals surface area contributed by atoms with Crippen LogP contribution in [0.2, 0.25) is 5.02 Å². The summed E-state index contributed by atoms with van der Waals surface area (Å²) in [6, 6.07) is 3.65. The standard InChI is InChI=1S/C14H18ClN5O2/c1-14(2)8-20(4-5-21-3)12-10(13-16-18-19-17-13)6-9(15)7-11(12)22-14/h6-7H,4-5,8H2,1-3H3,(H,16,17,18,19). The Morgan fingerprint density at radius 1 is 1.45 bits per heavy atom. The SMILES string of the molecule is COCCN1CC(C)(C)Oc2cc(Cl)cc(-c3nn[nH]n3)c21.